The number of benzene rings is 1. The fraction of sp³-hybridized carbons (Fsp3) is 0.417. The van der Waals surface area contributed by atoms with Crippen molar-refractivity contribution in [3.8, 4) is 0 Å². The Hall–Kier alpha value is -1.59. The molecule has 0 radical (unpaired) electrons. The zero-order valence-corrected chi connectivity index (χ0v) is 9.69. The molecule has 2 N–H and O–H groups in total. The van der Waals surface area contributed by atoms with Gasteiger partial charge in [-0.15, -0.1) is 0 Å². The zero-order chi connectivity index (χ0) is 11.8. The van der Waals surface area contributed by atoms with Crippen molar-refractivity contribution in [1.29, 1.82) is 0 Å². The molecule has 2 aromatic rings. The largest absolute Gasteiger partial charge is 0.417 e. The van der Waals surface area contributed by atoms with E-state index in [4.69, 9.17) is 4.42 Å². The van der Waals surface area contributed by atoms with Gasteiger partial charge in [0.2, 0.25) is 0 Å². The third-order valence-corrected chi connectivity index (χ3v) is 3.30. The lowest BCUT2D eigenvalue weighted by atomic mass is 10.1. The van der Waals surface area contributed by atoms with E-state index in [9.17, 15) is 4.79 Å². The summed E-state index contributed by atoms with van der Waals surface area (Å²) in [6, 6.07) is 6.46. The summed E-state index contributed by atoms with van der Waals surface area (Å²) in [4.78, 5) is 16.0. The normalized spacial score (nSPS) is 16.6. The van der Waals surface area contributed by atoms with E-state index >= 15 is 0 Å². The lowest BCUT2D eigenvalue weighted by Gasteiger charge is -2.35. The molecule has 1 aromatic heterocycles. The van der Waals surface area contributed by atoms with Gasteiger partial charge in [-0.3, -0.25) is 9.88 Å². The monoisotopic (exact) mass is 233 g/mol. The topological polar surface area (TPSA) is 61.3 Å². The van der Waals surface area contributed by atoms with Crippen LogP contribution < -0.4 is 11.1 Å². The Labute approximate surface area is 98.4 Å². The summed E-state index contributed by atoms with van der Waals surface area (Å²) < 4.78 is 5.05. The fourth-order valence-electron chi connectivity index (χ4n) is 2.09. The van der Waals surface area contributed by atoms with Crippen molar-refractivity contribution >= 4 is 11.1 Å². The van der Waals surface area contributed by atoms with Crippen molar-refractivity contribution in [2.45, 2.75) is 12.6 Å². The molecule has 2 heterocycles. The van der Waals surface area contributed by atoms with Gasteiger partial charge < -0.3 is 9.73 Å². The van der Waals surface area contributed by atoms with Gasteiger partial charge in [-0.25, -0.2) is 4.79 Å². The minimum atomic E-state index is -0.395. The van der Waals surface area contributed by atoms with Crippen LogP contribution in [0.2, 0.25) is 0 Å². The molecule has 0 spiro atoms. The van der Waals surface area contributed by atoms with Gasteiger partial charge in [-0.05, 0) is 24.7 Å². The van der Waals surface area contributed by atoms with Crippen molar-refractivity contribution in [2.24, 2.45) is 0 Å². The van der Waals surface area contributed by atoms with Gasteiger partial charge in [-0.2, -0.15) is 0 Å². The van der Waals surface area contributed by atoms with Crippen LogP contribution in [-0.4, -0.2) is 36.1 Å². The van der Waals surface area contributed by atoms with Crippen LogP contribution in [0.4, 0.5) is 0 Å². The summed E-state index contributed by atoms with van der Waals surface area (Å²) in [5.74, 6) is -0.395. The zero-order valence-electron chi connectivity index (χ0n) is 9.69. The molecule has 3 rings (SSSR count). The van der Waals surface area contributed by atoms with Crippen molar-refractivity contribution in [1.82, 2.24) is 15.2 Å². The predicted molar refractivity (Wildman–Crippen MR) is 65.0 cm³/mol. The molecule has 17 heavy (non-hydrogen) atoms. The molecule has 1 aliphatic heterocycles. The van der Waals surface area contributed by atoms with E-state index < -0.39 is 5.76 Å². The number of oxazole rings is 1. The van der Waals surface area contributed by atoms with Crippen molar-refractivity contribution in [3.63, 3.8) is 0 Å². The molecule has 5 nitrogen and oxygen atoms in total. The Morgan fingerprint density at radius 2 is 2.29 bits per heavy atom. The maximum Gasteiger partial charge on any atom is 0.417 e. The molecule has 1 aromatic carbocycles. The van der Waals surface area contributed by atoms with Crippen LogP contribution in [0.1, 0.15) is 5.56 Å². The van der Waals surface area contributed by atoms with E-state index in [1.54, 1.807) is 0 Å². The Morgan fingerprint density at radius 3 is 3.00 bits per heavy atom. The van der Waals surface area contributed by atoms with Crippen LogP contribution in [0.3, 0.4) is 0 Å². The molecule has 0 unspecified atom stereocenters. The second kappa shape index (κ2) is 4.01. The third kappa shape index (κ3) is 1.99. The van der Waals surface area contributed by atoms with Gasteiger partial charge >= 0.3 is 5.76 Å². The Kier molecular flexibility index (Phi) is 2.49. The summed E-state index contributed by atoms with van der Waals surface area (Å²) >= 11 is 0. The molecule has 0 amide bonds. The summed E-state index contributed by atoms with van der Waals surface area (Å²) in [5, 5.41) is 3.25. The number of hydrogen-bond acceptors (Lipinski definition) is 4. The van der Waals surface area contributed by atoms with Crippen LogP contribution in [0, 0.1) is 0 Å². The van der Waals surface area contributed by atoms with Crippen LogP contribution >= 0.6 is 0 Å². The van der Waals surface area contributed by atoms with Crippen molar-refractivity contribution in [2.75, 3.05) is 20.1 Å². The average Bonchev–Trinajstić information content (AvgIpc) is 2.54. The number of H-pyrrole nitrogens is 1. The summed E-state index contributed by atoms with van der Waals surface area (Å²) in [6.07, 6.45) is 0. The van der Waals surface area contributed by atoms with Gasteiger partial charge in [0, 0.05) is 25.7 Å². The first-order valence-electron chi connectivity index (χ1n) is 5.75. The van der Waals surface area contributed by atoms with E-state index in [2.05, 4.69) is 22.2 Å². The number of aromatic nitrogens is 1. The predicted octanol–water partition coefficient (Wildman–Crippen LogP) is 0.525. The molecule has 5 heteroatoms. The van der Waals surface area contributed by atoms with Crippen LogP contribution in [0.25, 0.3) is 11.1 Å². The van der Waals surface area contributed by atoms with E-state index in [-0.39, 0.29) is 0 Å². The minimum absolute atomic E-state index is 0.395. The number of hydrogen-bond donors (Lipinski definition) is 2. The minimum Gasteiger partial charge on any atom is -0.408 e. The highest BCUT2D eigenvalue weighted by molar-refractivity contribution is 5.72. The molecule has 0 atom stereocenters. The first-order valence-corrected chi connectivity index (χ1v) is 5.75. The maximum absolute atomic E-state index is 11.0. The Balaban J connectivity index is 1.82. The Morgan fingerprint density at radius 1 is 1.47 bits per heavy atom. The number of nitrogens with zero attached hydrogens (tertiary/aromatic N) is 1. The first-order chi connectivity index (χ1) is 8.22. The number of nitrogens with one attached hydrogen (secondary N) is 2. The van der Waals surface area contributed by atoms with E-state index in [0.29, 0.717) is 11.6 Å². The highest BCUT2D eigenvalue weighted by Gasteiger charge is 2.21. The SMILES string of the molecule is CN(Cc1ccc2[nH]c(=O)oc2c1)C1CNC1. The third-order valence-electron chi connectivity index (χ3n) is 3.30. The molecule has 90 valence electrons. The molecular weight excluding hydrogens is 218 g/mol. The second-order valence-corrected chi connectivity index (χ2v) is 4.57. The van der Waals surface area contributed by atoms with Crippen LogP contribution in [0.15, 0.2) is 27.4 Å². The van der Waals surface area contributed by atoms with Crippen LogP contribution in [-0.2, 0) is 6.54 Å². The molecule has 0 saturated carbocycles. The Bertz CT molecular complexity index is 583. The van der Waals surface area contributed by atoms with Gasteiger partial charge in [0.05, 0.1) is 5.52 Å². The van der Waals surface area contributed by atoms with Crippen molar-refractivity contribution < 1.29 is 4.42 Å². The molecular formula is C12H15N3O2. The standard InChI is InChI=1S/C12H15N3O2/c1-15(9-5-13-6-9)7-8-2-3-10-11(4-8)17-12(16)14-10/h2-4,9,13H,5-7H2,1H3,(H,14,16). The summed E-state index contributed by atoms with van der Waals surface area (Å²) in [5.41, 5.74) is 2.55. The molecule has 1 aliphatic rings. The smallest absolute Gasteiger partial charge is 0.408 e. The molecule has 1 saturated heterocycles. The lowest BCUT2D eigenvalue weighted by molar-refractivity contribution is 0.173. The second-order valence-electron chi connectivity index (χ2n) is 4.57. The van der Waals surface area contributed by atoms with Gasteiger partial charge in [0.25, 0.3) is 0 Å². The van der Waals surface area contributed by atoms with Gasteiger partial charge in [-0.1, -0.05) is 6.07 Å². The number of likely N-dealkylation sites (N-methyl/N-ethyl adjacent to an activating group) is 1. The molecule has 1 fully saturated rings. The average molecular weight is 233 g/mol. The summed E-state index contributed by atoms with van der Waals surface area (Å²) in [6.45, 7) is 2.98. The van der Waals surface area contributed by atoms with E-state index in [0.717, 1.165) is 30.7 Å². The summed E-state index contributed by atoms with van der Waals surface area (Å²) in [7, 11) is 2.11. The molecule has 0 bridgehead atoms. The molecule has 0 aliphatic carbocycles. The van der Waals surface area contributed by atoms with E-state index in [1.165, 1.54) is 0 Å². The van der Waals surface area contributed by atoms with Crippen LogP contribution in [0.5, 0.6) is 0 Å². The lowest BCUT2D eigenvalue weighted by Crippen LogP contribution is -2.55. The van der Waals surface area contributed by atoms with E-state index in [1.807, 2.05) is 18.2 Å². The quantitative estimate of drug-likeness (QED) is 0.811. The first kappa shape index (κ1) is 10.6. The van der Waals surface area contributed by atoms with Gasteiger partial charge in [0.15, 0.2) is 5.58 Å². The number of fused-ring (bicyclic) bond motifs is 1. The maximum atomic E-state index is 11.0. The van der Waals surface area contributed by atoms with Crippen molar-refractivity contribution in [3.05, 3.63) is 34.3 Å². The number of aromatic amines is 1. The van der Waals surface area contributed by atoms with Gasteiger partial charge in [0.1, 0.15) is 0 Å². The highest BCUT2D eigenvalue weighted by Crippen LogP contribution is 2.15. The highest BCUT2D eigenvalue weighted by atomic mass is 16.4. The fourth-order valence-corrected chi connectivity index (χ4v) is 2.09. The number of rotatable bonds is 3.